The van der Waals surface area contributed by atoms with Gasteiger partial charge in [0.1, 0.15) is 18.1 Å². The second kappa shape index (κ2) is 6.92. The van der Waals surface area contributed by atoms with Gasteiger partial charge in [-0.15, -0.1) is 0 Å². The van der Waals surface area contributed by atoms with E-state index < -0.39 is 0 Å². The summed E-state index contributed by atoms with van der Waals surface area (Å²) in [5, 5.41) is 3.46. The highest BCUT2D eigenvalue weighted by Gasteiger charge is 2.21. The summed E-state index contributed by atoms with van der Waals surface area (Å²) in [6, 6.07) is 2.77. The summed E-state index contributed by atoms with van der Waals surface area (Å²) >= 11 is 0. The van der Waals surface area contributed by atoms with Crippen LogP contribution in [0, 0.1) is 6.92 Å². The lowest BCUT2D eigenvalue weighted by Gasteiger charge is -2.02. The molecule has 0 radical (unpaired) electrons. The molecule has 4 nitrogen and oxygen atoms in total. The van der Waals surface area contributed by atoms with Crippen molar-refractivity contribution < 1.29 is 13.9 Å². The molecule has 1 aliphatic carbocycles. The van der Waals surface area contributed by atoms with E-state index >= 15 is 0 Å². The van der Waals surface area contributed by atoms with Crippen molar-refractivity contribution in [3.05, 3.63) is 23.2 Å². The number of ether oxygens (including phenoxy) is 2. The van der Waals surface area contributed by atoms with Crippen LogP contribution in [-0.4, -0.2) is 25.9 Å². The summed E-state index contributed by atoms with van der Waals surface area (Å²) in [6.07, 6.45) is 2.60. The third-order valence-corrected chi connectivity index (χ3v) is 3.02. The van der Waals surface area contributed by atoms with Gasteiger partial charge in [0.2, 0.25) is 0 Å². The summed E-state index contributed by atoms with van der Waals surface area (Å²) in [7, 11) is 0. The smallest absolute Gasteiger partial charge is 0.130 e. The molecule has 1 aliphatic rings. The van der Waals surface area contributed by atoms with E-state index in [0.717, 1.165) is 24.7 Å². The Morgan fingerprint density at radius 3 is 2.83 bits per heavy atom. The fourth-order valence-corrected chi connectivity index (χ4v) is 1.80. The first-order valence-electron chi connectivity index (χ1n) is 6.76. The van der Waals surface area contributed by atoms with Crippen LogP contribution in [0.15, 0.2) is 10.5 Å². The van der Waals surface area contributed by atoms with Crippen LogP contribution in [-0.2, 0) is 22.6 Å². The van der Waals surface area contributed by atoms with Crippen molar-refractivity contribution >= 4 is 0 Å². The van der Waals surface area contributed by atoms with E-state index in [1.807, 2.05) is 6.92 Å². The van der Waals surface area contributed by atoms with E-state index in [0.29, 0.717) is 25.9 Å². The molecular formula is C14H23NO3. The number of rotatable bonds is 9. The maximum atomic E-state index is 5.77. The van der Waals surface area contributed by atoms with Gasteiger partial charge in [-0.1, -0.05) is 0 Å². The van der Waals surface area contributed by atoms with Crippen LogP contribution in [0.4, 0.5) is 0 Å². The second-order valence-corrected chi connectivity index (χ2v) is 4.72. The van der Waals surface area contributed by atoms with Crippen LogP contribution in [0.1, 0.15) is 36.8 Å². The first-order chi connectivity index (χ1) is 8.79. The van der Waals surface area contributed by atoms with Gasteiger partial charge in [-0.25, -0.2) is 0 Å². The monoisotopic (exact) mass is 253 g/mol. The number of nitrogens with one attached hydrogen (secondary N) is 1. The molecule has 1 aromatic heterocycles. The minimum Gasteiger partial charge on any atom is -0.462 e. The Morgan fingerprint density at radius 2 is 2.11 bits per heavy atom. The molecular weight excluding hydrogens is 230 g/mol. The predicted octanol–water partition coefficient (Wildman–Crippen LogP) is 2.39. The molecule has 0 atom stereocenters. The van der Waals surface area contributed by atoms with Gasteiger partial charge in [-0.05, 0) is 38.3 Å². The van der Waals surface area contributed by atoms with Gasteiger partial charge in [-0.3, -0.25) is 0 Å². The molecule has 0 spiro atoms. The van der Waals surface area contributed by atoms with E-state index in [9.17, 15) is 0 Å². The molecule has 1 aromatic rings. The van der Waals surface area contributed by atoms with Crippen molar-refractivity contribution in [2.75, 3.05) is 19.8 Å². The van der Waals surface area contributed by atoms with Crippen molar-refractivity contribution in [3.63, 3.8) is 0 Å². The van der Waals surface area contributed by atoms with E-state index in [1.54, 1.807) is 0 Å². The molecule has 0 bridgehead atoms. The summed E-state index contributed by atoms with van der Waals surface area (Å²) in [5.74, 6) is 1.93. The Labute approximate surface area is 109 Å². The van der Waals surface area contributed by atoms with Crippen molar-refractivity contribution in [3.8, 4) is 0 Å². The van der Waals surface area contributed by atoms with Crippen LogP contribution in [0.25, 0.3) is 0 Å². The number of hydrogen-bond acceptors (Lipinski definition) is 4. The van der Waals surface area contributed by atoms with Crippen molar-refractivity contribution in [1.82, 2.24) is 5.32 Å². The molecule has 0 aliphatic heterocycles. The summed E-state index contributed by atoms with van der Waals surface area (Å²) in [4.78, 5) is 0. The minimum absolute atomic E-state index is 0.525. The van der Waals surface area contributed by atoms with Gasteiger partial charge < -0.3 is 19.2 Å². The molecule has 1 saturated carbocycles. The molecule has 18 heavy (non-hydrogen) atoms. The normalized spacial score (nSPS) is 15.2. The van der Waals surface area contributed by atoms with Crippen molar-refractivity contribution in [1.29, 1.82) is 0 Å². The van der Waals surface area contributed by atoms with Crippen LogP contribution >= 0.6 is 0 Å². The maximum absolute atomic E-state index is 5.77. The lowest BCUT2D eigenvalue weighted by molar-refractivity contribution is 0.0387. The molecule has 0 aromatic carbocycles. The zero-order chi connectivity index (χ0) is 12.8. The molecule has 1 heterocycles. The van der Waals surface area contributed by atoms with Gasteiger partial charge in [0.15, 0.2) is 0 Å². The van der Waals surface area contributed by atoms with Gasteiger partial charge >= 0.3 is 0 Å². The summed E-state index contributed by atoms with van der Waals surface area (Å²) in [6.45, 7) is 7.41. The van der Waals surface area contributed by atoms with E-state index in [-0.39, 0.29) is 0 Å². The topological polar surface area (TPSA) is 43.6 Å². The lowest BCUT2D eigenvalue weighted by Crippen LogP contribution is -2.15. The number of aryl methyl sites for hydroxylation is 1. The molecule has 0 amide bonds. The fraction of sp³-hybridized carbons (Fsp3) is 0.714. The molecule has 102 valence electrons. The number of furan rings is 1. The third kappa shape index (κ3) is 4.44. The quantitative estimate of drug-likeness (QED) is 0.686. The first kappa shape index (κ1) is 13.6. The molecule has 2 rings (SSSR count). The van der Waals surface area contributed by atoms with Crippen LogP contribution in [0.2, 0.25) is 0 Å². The van der Waals surface area contributed by atoms with Gasteiger partial charge in [-0.2, -0.15) is 0 Å². The van der Waals surface area contributed by atoms with Crippen LogP contribution in [0.3, 0.4) is 0 Å². The average Bonchev–Trinajstić information content (AvgIpc) is 3.11. The zero-order valence-corrected chi connectivity index (χ0v) is 11.3. The van der Waals surface area contributed by atoms with E-state index in [1.165, 1.54) is 18.4 Å². The highest BCUT2D eigenvalue weighted by molar-refractivity contribution is 5.19. The third-order valence-electron chi connectivity index (χ3n) is 3.02. The minimum atomic E-state index is 0.525. The van der Waals surface area contributed by atoms with Crippen LogP contribution < -0.4 is 5.32 Å². The highest BCUT2D eigenvalue weighted by Crippen LogP contribution is 2.21. The van der Waals surface area contributed by atoms with Gasteiger partial charge in [0.05, 0.1) is 19.8 Å². The Bertz CT molecular complexity index is 358. The van der Waals surface area contributed by atoms with E-state index in [2.05, 4.69) is 18.3 Å². The predicted molar refractivity (Wildman–Crippen MR) is 69.5 cm³/mol. The Kier molecular flexibility index (Phi) is 5.23. The Morgan fingerprint density at radius 1 is 1.33 bits per heavy atom. The molecule has 0 unspecified atom stereocenters. The SMILES string of the molecule is CCOCCOCc1cc(C)c(CNC2CC2)o1. The van der Waals surface area contributed by atoms with Crippen molar-refractivity contribution in [2.45, 2.75) is 45.9 Å². The summed E-state index contributed by atoms with van der Waals surface area (Å²) < 4.78 is 16.5. The highest BCUT2D eigenvalue weighted by atomic mass is 16.5. The van der Waals surface area contributed by atoms with Gasteiger partial charge in [0.25, 0.3) is 0 Å². The summed E-state index contributed by atoms with van der Waals surface area (Å²) in [5.41, 5.74) is 1.20. The molecule has 1 N–H and O–H groups in total. The second-order valence-electron chi connectivity index (χ2n) is 4.72. The van der Waals surface area contributed by atoms with Crippen LogP contribution in [0.5, 0.6) is 0 Å². The Balaban J connectivity index is 1.69. The number of hydrogen-bond donors (Lipinski definition) is 1. The fourth-order valence-electron chi connectivity index (χ4n) is 1.80. The molecule has 0 saturated heterocycles. The first-order valence-corrected chi connectivity index (χ1v) is 6.76. The standard InChI is InChI=1S/C14H23NO3/c1-3-16-6-7-17-10-13-8-11(2)14(18-13)9-15-12-4-5-12/h8,12,15H,3-7,9-10H2,1-2H3. The van der Waals surface area contributed by atoms with Crippen molar-refractivity contribution in [2.24, 2.45) is 0 Å². The Hall–Kier alpha value is -0.840. The zero-order valence-electron chi connectivity index (χ0n) is 11.3. The lowest BCUT2D eigenvalue weighted by atomic mass is 10.2. The largest absolute Gasteiger partial charge is 0.462 e. The molecule has 1 fully saturated rings. The maximum Gasteiger partial charge on any atom is 0.130 e. The van der Waals surface area contributed by atoms with Gasteiger partial charge in [0, 0.05) is 12.6 Å². The average molecular weight is 253 g/mol. The molecule has 4 heteroatoms. The van der Waals surface area contributed by atoms with E-state index in [4.69, 9.17) is 13.9 Å².